The van der Waals surface area contributed by atoms with Crippen molar-refractivity contribution in [2.45, 2.75) is 6.54 Å². The van der Waals surface area contributed by atoms with E-state index in [1.54, 1.807) is 12.1 Å². The summed E-state index contributed by atoms with van der Waals surface area (Å²) in [5.74, 6) is -0.687. The van der Waals surface area contributed by atoms with Crippen molar-refractivity contribution < 1.29 is 23.5 Å². The third-order valence-corrected chi connectivity index (χ3v) is 4.02. The number of para-hydroxylation sites is 1. The highest BCUT2D eigenvalue weighted by Gasteiger charge is 2.15. The number of hydrogen-bond acceptors (Lipinski definition) is 8. The monoisotopic (exact) mass is 381 g/mol. The van der Waals surface area contributed by atoms with Crippen LogP contribution in [-0.2, 0) is 20.9 Å². The molecule has 2 aromatic heterocycles. The number of ether oxygens (including phenoxy) is 2. The molecule has 0 fully saturated rings. The summed E-state index contributed by atoms with van der Waals surface area (Å²) in [6, 6.07) is 11.1. The van der Waals surface area contributed by atoms with Gasteiger partial charge in [0.1, 0.15) is 29.8 Å². The van der Waals surface area contributed by atoms with E-state index in [9.17, 15) is 9.59 Å². The summed E-state index contributed by atoms with van der Waals surface area (Å²) in [4.78, 5) is 23.9. The van der Waals surface area contributed by atoms with Crippen molar-refractivity contribution in [1.29, 1.82) is 0 Å². The van der Waals surface area contributed by atoms with Crippen LogP contribution in [0.2, 0.25) is 0 Å². The zero-order valence-corrected chi connectivity index (χ0v) is 14.8. The minimum absolute atomic E-state index is 0.186. The predicted molar refractivity (Wildman–Crippen MR) is 97.7 cm³/mol. The van der Waals surface area contributed by atoms with Crippen LogP contribution in [0, 0.1) is 0 Å². The summed E-state index contributed by atoms with van der Waals surface area (Å²) in [5, 5.41) is 14.9. The second-order valence-corrected chi connectivity index (χ2v) is 5.86. The van der Waals surface area contributed by atoms with E-state index in [0.29, 0.717) is 17.0 Å². The summed E-state index contributed by atoms with van der Waals surface area (Å²) in [6.45, 7) is -0.642. The van der Waals surface area contributed by atoms with E-state index in [1.807, 2.05) is 24.3 Å². The molecule has 0 aliphatic heterocycles. The van der Waals surface area contributed by atoms with E-state index in [2.05, 4.69) is 20.8 Å². The third-order valence-electron chi connectivity index (χ3n) is 4.02. The number of tetrazole rings is 1. The van der Waals surface area contributed by atoms with Crippen molar-refractivity contribution in [2.75, 3.05) is 19.0 Å². The Labute approximate surface area is 158 Å². The smallest absolute Gasteiger partial charge is 0.328 e. The molecule has 10 nitrogen and oxygen atoms in total. The lowest BCUT2D eigenvalue weighted by Crippen LogP contribution is -2.23. The number of rotatable bonds is 6. The highest BCUT2D eigenvalue weighted by atomic mass is 16.5. The van der Waals surface area contributed by atoms with Gasteiger partial charge in [-0.25, -0.2) is 4.68 Å². The SMILES string of the molecule is COc1cc2c(cc1NC(=O)COC(=O)Cn1cnnn1)oc1ccccc12. The first kappa shape index (κ1) is 17.5. The molecular weight excluding hydrogens is 366 g/mol. The molecule has 0 bridgehead atoms. The molecule has 28 heavy (non-hydrogen) atoms. The van der Waals surface area contributed by atoms with E-state index in [4.69, 9.17) is 13.9 Å². The first-order chi connectivity index (χ1) is 13.6. The van der Waals surface area contributed by atoms with E-state index in [-0.39, 0.29) is 6.54 Å². The van der Waals surface area contributed by atoms with Crippen LogP contribution in [0.3, 0.4) is 0 Å². The van der Waals surface area contributed by atoms with Gasteiger partial charge in [-0.3, -0.25) is 9.59 Å². The average Bonchev–Trinajstić information content (AvgIpc) is 3.32. The minimum Gasteiger partial charge on any atom is -0.495 e. The lowest BCUT2D eigenvalue weighted by atomic mass is 10.1. The summed E-state index contributed by atoms with van der Waals surface area (Å²) in [6.07, 6.45) is 1.27. The van der Waals surface area contributed by atoms with Gasteiger partial charge in [0.05, 0.1) is 12.8 Å². The van der Waals surface area contributed by atoms with E-state index < -0.39 is 18.5 Å². The van der Waals surface area contributed by atoms with Crippen LogP contribution in [0.1, 0.15) is 0 Å². The maximum absolute atomic E-state index is 12.2. The molecule has 0 unspecified atom stereocenters. The molecule has 0 atom stereocenters. The van der Waals surface area contributed by atoms with Crippen molar-refractivity contribution in [3.8, 4) is 5.75 Å². The van der Waals surface area contributed by atoms with Gasteiger partial charge in [-0.15, -0.1) is 5.10 Å². The summed E-state index contributed by atoms with van der Waals surface area (Å²) >= 11 is 0. The van der Waals surface area contributed by atoms with Gasteiger partial charge in [-0.2, -0.15) is 0 Å². The number of esters is 1. The number of fused-ring (bicyclic) bond motifs is 3. The Kier molecular flexibility index (Phi) is 4.58. The number of benzene rings is 2. The number of carbonyl (C=O) groups is 2. The Hall–Kier alpha value is -3.95. The number of aromatic nitrogens is 4. The fourth-order valence-corrected chi connectivity index (χ4v) is 2.78. The van der Waals surface area contributed by atoms with E-state index >= 15 is 0 Å². The zero-order valence-electron chi connectivity index (χ0n) is 14.8. The number of carbonyl (C=O) groups excluding carboxylic acids is 2. The Balaban J connectivity index is 1.48. The minimum atomic E-state index is -0.637. The Morgan fingerprint density at radius 3 is 2.82 bits per heavy atom. The molecule has 10 heteroatoms. The number of anilines is 1. The number of methoxy groups -OCH3 is 1. The normalized spacial score (nSPS) is 10.9. The molecule has 0 saturated heterocycles. The molecule has 2 heterocycles. The van der Waals surface area contributed by atoms with Gasteiger partial charge in [0.2, 0.25) is 0 Å². The van der Waals surface area contributed by atoms with Crippen LogP contribution in [0.15, 0.2) is 47.1 Å². The number of nitrogens with one attached hydrogen (secondary N) is 1. The number of hydrogen-bond donors (Lipinski definition) is 1. The van der Waals surface area contributed by atoms with Gasteiger partial charge in [0.15, 0.2) is 6.61 Å². The first-order valence-electron chi connectivity index (χ1n) is 8.29. The number of furan rings is 1. The van der Waals surface area contributed by atoms with Gasteiger partial charge < -0.3 is 19.2 Å². The topological polar surface area (TPSA) is 121 Å². The summed E-state index contributed by atoms with van der Waals surface area (Å²) in [7, 11) is 1.51. The molecular formula is C18H15N5O5. The van der Waals surface area contributed by atoms with Crippen LogP contribution in [0.4, 0.5) is 5.69 Å². The van der Waals surface area contributed by atoms with Crippen LogP contribution < -0.4 is 10.1 Å². The van der Waals surface area contributed by atoms with Gasteiger partial charge in [0, 0.05) is 16.8 Å². The second kappa shape index (κ2) is 7.35. The van der Waals surface area contributed by atoms with Crippen molar-refractivity contribution >= 4 is 39.5 Å². The lowest BCUT2D eigenvalue weighted by Gasteiger charge is -2.10. The molecule has 1 N–H and O–H groups in total. The highest BCUT2D eigenvalue weighted by molar-refractivity contribution is 6.07. The lowest BCUT2D eigenvalue weighted by molar-refractivity contribution is -0.148. The zero-order chi connectivity index (χ0) is 19.5. The molecule has 4 rings (SSSR count). The molecule has 142 valence electrons. The maximum Gasteiger partial charge on any atom is 0.328 e. The summed E-state index contributed by atoms with van der Waals surface area (Å²) in [5.41, 5.74) is 1.75. The van der Waals surface area contributed by atoms with Crippen molar-refractivity contribution in [3.05, 3.63) is 42.7 Å². The molecule has 2 aromatic carbocycles. The fourth-order valence-electron chi connectivity index (χ4n) is 2.78. The van der Waals surface area contributed by atoms with Crippen LogP contribution in [0.25, 0.3) is 21.9 Å². The molecule has 0 aliphatic carbocycles. The fraction of sp³-hybridized carbons (Fsp3) is 0.167. The van der Waals surface area contributed by atoms with Gasteiger partial charge in [-0.1, -0.05) is 18.2 Å². The standard InChI is InChI=1S/C18H15N5O5/c1-26-16-6-12-11-4-2-3-5-14(11)28-15(12)7-13(16)20-17(24)9-27-18(25)8-23-10-19-21-22-23/h2-7,10H,8-9H2,1H3,(H,20,24). The second-order valence-electron chi connectivity index (χ2n) is 5.86. The molecule has 1 amide bonds. The van der Waals surface area contributed by atoms with E-state index in [0.717, 1.165) is 16.4 Å². The highest BCUT2D eigenvalue weighted by Crippen LogP contribution is 2.36. The quantitative estimate of drug-likeness (QED) is 0.502. The molecule has 0 saturated carbocycles. The van der Waals surface area contributed by atoms with Crippen LogP contribution in [0.5, 0.6) is 5.75 Å². The number of amides is 1. The van der Waals surface area contributed by atoms with Crippen molar-refractivity contribution in [3.63, 3.8) is 0 Å². The van der Waals surface area contributed by atoms with Gasteiger partial charge >= 0.3 is 5.97 Å². The van der Waals surface area contributed by atoms with Gasteiger partial charge in [-0.05, 0) is 22.6 Å². The van der Waals surface area contributed by atoms with E-state index in [1.165, 1.54) is 18.1 Å². The Morgan fingerprint density at radius 2 is 2.04 bits per heavy atom. The molecule has 0 radical (unpaired) electrons. The Morgan fingerprint density at radius 1 is 1.18 bits per heavy atom. The third kappa shape index (κ3) is 3.47. The average molecular weight is 381 g/mol. The molecule has 0 aliphatic rings. The Bertz CT molecular complexity index is 1150. The molecule has 0 spiro atoms. The largest absolute Gasteiger partial charge is 0.495 e. The maximum atomic E-state index is 12.2. The summed E-state index contributed by atoms with van der Waals surface area (Å²) < 4.78 is 17.3. The van der Waals surface area contributed by atoms with Crippen molar-refractivity contribution in [1.82, 2.24) is 20.2 Å². The van der Waals surface area contributed by atoms with Crippen molar-refractivity contribution in [2.24, 2.45) is 0 Å². The van der Waals surface area contributed by atoms with Crippen LogP contribution in [-0.4, -0.2) is 45.8 Å². The molecule has 4 aromatic rings. The predicted octanol–water partition coefficient (Wildman–Crippen LogP) is 1.76. The van der Waals surface area contributed by atoms with Crippen LogP contribution >= 0.6 is 0 Å². The first-order valence-corrected chi connectivity index (χ1v) is 8.29. The number of nitrogens with zero attached hydrogens (tertiary/aromatic N) is 4. The van der Waals surface area contributed by atoms with Gasteiger partial charge in [0.25, 0.3) is 5.91 Å².